The number of hydrogen-bond donors (Lipinski definition) is 1. The maximum Gasteiger partial charge on any atom is 0.410 e. The van der Waals surface area contributed by atoms with Gasteiger partial charge in [-0.1, -0.05) is 0 Å². The summed E-state index contributed by atoms with van der Waals surface area (Å²) in [5.74, 6) is 1.42. The van der Waals surface area contributed by atoms with Gasteiger partial charge in [0.05, 0.1) is 20.8 Å². The van der Waals surface area contributed by atoms with Gasteiger partial charge in [-0.25, -0.2) is 4.79 Å². The average molecular weight is 322 g/mol. The van der Waals surface area contributed by atoms with E-state index in [1.165, 1.54) is 0 Å². The van der Waals surface area contributed by atoms with Crippen molar-refractivity contribution in [2.75, 3.05) is 20.8 Å². The van der Waals surface area contributed by atoms with Crippen molar-refractivity contribution in [3.8, 4) is 11.5 Å². The van der Waals surface area contributed by atoms with Gasteiger partial charge in [-0.2, -0.15) is 0 Å². The first kappa shape index (κ1) is 17.4. The number of methoxy groups -OCH3 is 2. The second kappa shape index (κ2) is 6.66. The van der Waals surface area contributed by atoms with Gasteiger partial charge in [-0.3, -0.25) is 0 Å². The molecule has 0 bridgehead atoms. The zero-order valence-electron chi connectivity index (χ0n) is 14.5. The van der Waals surface area contributed by atoms with E-state index in [0.29, 0.717) is 25.3 Å². The minimum absolute atomic E-state index is 0.220. The van der Waals surface area contributed by atoms with Gasteiger partial charge in [-0.05, 0) is 39.3 Å². The van der Waals surface area contributed by atoms with E-state index in [0.717, 1.165) is 16.9 Å². The maximum atomic E-state index is 12.4. The lowest BCUT2D eigenvalue weighted by Gasteiger charge is -2.27. The molecule has 1 amide bonds. The Hall–Kier alpha value is -1.95. The number of carbonyl (C=O) groups excluding carboxylic acids is 1. The number of amides is 1. The first-order chi connectivity index (χ1) is 10.8. The quantitative estimate of drug-likeness (QED) is 0.906. The molecule has 2 N–H and O–H groups in total. The fourth-order valence-electron chi connectivity index (χ4n) is 2.75. The highest BCUT2D eigenvalue weighted by Gasteiger charge is 2.30. The summed E-state index contributed by atoms with van der Waals surface area (Å²) in [7, 11) is 3.22. The predicted molar refractivity (Wildman–Crippen MR) is 87.7 cm³/mol. The number of fused-ring (bicyclic) bond motifs is 1. The van der Waals surface area contributed by atoms with Gasteiger partial charge in [-0.15, -0.1) is 0 Å². The van der Waals surface area contributed by atoms with Gasteiger partial charge < -0.3 is 24.8 Å². The van der Waals surface area contributed by atoms with Crippen molar-refractivity contribution >= 4 is 6.09 Å². The van der Waals surface area contributed by atoms with Crippen LogP contribution in [0, 0.1) is 0 Å². The smallest absolute Gasteiger partial charge is 0.410 e. The second-order valence-corrected chi connectivity index (χ2v) is 6.66. The summed E-state index contributed by atoms with van der Waals surface area (Å²) in [4.78, 5) is 14.1. The molecule has 0 fully saturated rings. The molecule has 1 atom stereocenters. The number of rotatable bonds is 2. The zero-order chi connectivity index (χ0) is 17.2. The van der Waals surface area contributed by atoms with E-state index in [1.807, 2.05) is 32.9 Å². The fourth-order valence-corrected chi connectivity index (χ4v) is 2.75. The molecule has 1 aliphatic rings. The molecule has 6 heteroatoms. The van der Waals surface area contributed by atoms with Crippen LogP contribution in [0.15, 0.2) is 12.1 Å². The molecule has 1 aromatic carbocycles. The Kier molecular flexibility index (Phi) is 5.04. The molecule has 1 aliphatic heterocycles. The highest BCUT2D eigenvalue weighted by atomic mass is 16.6. The standard InChI is InChI=1S/C17H26N2O4/c1-17(2,3)23-16(20)19-9-8-12(18)15-11(10-19)13(21-4)6-7-14(15)22-5/h6-7,12H,8-10,18H2,1-5H3. The van der Waals surface area contributed by atoms with Crippen LogP contribution in [-0.2, 0) is 11.3 Å². The van der Waals surface area contributed by atoms with Crippen molar-refractivity contribution in [1.29, 1.82) is 0 Å². The number of carbonyl (C=O) groups is 1. The van der Waals surface area contributed by atoms with Crippen molar-refractivity contribution < 1.29 is 19.0 Å². The molecule has 1 aromatic rings. The third-order valence-electron chi connectivity index (χ3n) is 3.80. The summed E-state index contributed by atoms with van der Waals surface area (Å²) in [5.41, 5.74) is 7.57. The summed E-state index contributed by atoms with van der Waals surface area (Å²) in [5, 5.41) is 0. The van der Waals surface area contributed by atoms with Crippen LogP contribution in [0.3, 0.4) is 0 Å². The van der Waals surface area contributed by atoms with Crippen LogP contribution in [0.5, 0.6) is 11.5 Å². The molecule has 0 saturated carbocycles. The molecule has 0 saturated heterocycles. The lowest BCUT2D eigenvalue weighted by Crippen LogP contribution is -2.36. The van der Waals surface area contributed by atoms with Gasteiger partial charge in [0.15, 0.2) is 0 Å². The van der Waals surface area contributed by atoms with Gasteiger partial charge in [0.1, 0.15) is 17.1 Å². The van der Waals surface area contributed by atoms with Crippen LogP contribution in [0.1, 0.15) is 44.4 Å². The number of benzene rings is 1. The summed E-state index contributed by atoms with van der Waals surface area (Å²) in [6.07, 6.45) is 0.290. The number of hydrogen-bond acceptors (Lipinski definition) is 5. The van der Waals surface area contributed by atoms with E-state index in [9.17, 15) is 4.79 Å². The van der Waals surface area contributed by atoms with Gasteiger partial charge in [0.25, 0.3) is 0 Å². The molecular weight excluding hydrogens is 296 g/mol. The molecule has 6 nitrogen and oxygen atoms in total. The zero-order valence-corrected chi connectivity index (χ0v) is 14.5. The van der Waals surface area contributed by atoms with E-state index in [4.69, 9.17) is 19.9 Å². The Morgan fingerprint density at radius 2 is 1.83 bits per heavy atom. The monoisotopic (exact) mass is 322 g/mol. The number of nitrogens with two attached hydrogens (primary N) is 1. The first-order valence-electron chi connectivity index (χ1n) is 7.74. The molecule has 0 radical (unpaired) electrons. The number of ether oxygens (including phenoxy) is 3. The predicted octanol–water partition coefficient (Wildman–Crippen LogP) is 2.84. The van der Waals surface area contributed by atoms with Gasteiger partial charge in [0.2, 0.25) is 0 Å². The van der Waals surface area contributed by atoms with Crippen molar-refractivity contribution in [2.24, 2.45) is 5.73 Å². The third-order valence-corrected chi connectivity index (χ3v) is 3.80. The minimum Gasteiger partial charge on any atom is -0.496 e. The summed E-state index contributed by atoms with van der Waals surface area (Å²) in [6, 6.07) is 3.46. The molecule has 128 valence electrons. The summed E-state index contributed by atoms with van der Waals surface area (Å²) >= 11 is 0. The van der Waals surface area contributed by atoms with Crippen LogP contribution < -0.4 is 15.2 Å². The largest absolute Gasteiger partial charge is 0.496 e. The van der Waals surface area contributed by atoms with Crippen molar-refractivity contribution in [1.82, 2.24) is 4.90 Å². The summed E-state index contributed by atoms with van der Waals surface area (Å²) < 4.78 is 16.4. The molecule has 1 heterocycles. The Balaban J connectivity index is 2.39. The number of nitrogens with zero attached hydrogens (tertiary/aromatic N) is 1. The van der Waals surface area contributed by atoms with Gasteiger partial charge in [0, 0.05) is 23.7 Å². The van der Waals surface area contributed by atoms with Gasteiger partial charge >= 0.3 is 6.09 Å². The highest BCUT2D eigenvalue weighted by molar-refractivity contribution is 5.69. The van der Waals surface area contributed by atoms with E-state index in [-0.39, 0.29) is 12.1 Å². The van der Waals surface area contributed by atoms with E-state index < -0.39 is 5.60 Å². The molecule has 1 unspecified atom stereocenters. The fraction of sp³-hybridized carbons (Fsp3) is 0.588. The van der Waals surface area contributed by atoms with Crippen LogP contribution in [-0.4, -0.2) is 37.4 Å². The van der Waals surface area contributed by atoms with E-state index >= 15 is 0 Å². The van der Waals surface area contributed by atoms with Crippen LogP contribution in [0.2, 0.25) is 0 Å². The Labute approximate surface area is 137 Å². The minimum atomic E-state index is -0.535. The second-order valence-electron chi connectivity index (χ2n) is 6.66. The Morgan fingerprint density at radius 3 is 2.39 bits per heavy atom. The first-order valence-corrected chi connectivity index (χ1v) is 7.74. The van der Waals surface area contributed by atoms with Crippen LogP contribution in [0.25, 0.3) is 0 Å². The molecule has 0 aromatic heterocycles. The molecule has 23 heavy (non-hydrogen) atoms. The SMILES string of the molecule is COc1ccc(OC)c2c1CN(C(=O)OC(C)(C)C)CCC2N. The lowest BCUT2D eigenvalue weighted by atomic mass is 9.98. The lowest BCUT2D eigenvalue weighted by molar-refractivity contribution is 0.0234. The van der Waals surface area contributed by atoms with Crippen molar-refractivity contribution in [3.63, 3.8) is 0 Å². The molecule has 2 rings (SSSR count). The topological polar surface area (TPSA) is 74.0 Å². The average Bonchev–Trinajstić information content (AvgIpc) is 2.64. The van der Waals surface area contributed by atoms with Crippen molar-refractivity contribution in [2.45, 2.75) is 45.4 Å². The van der Waals surface area contributed by atoms with Crippen LogP contribution in [0.4, 0.5) is 4.79 Å². The highest BCUT2D eigenvalue weighted by Crippen LogP contribution is 2.38. The van der Waals surface area contributed by atoms with Crippen LogP contribution >= 0.6 is 0 Å². The Morgan fingerprint density at radius 1 is 1.22 bits per heavy atom. The Bertz CT molecular complexity index is 581. The summed E-state index contributed by atoms with van der Waals surface area (Å²) in [6.45, 7) is 6.47. The van der Waals surface area contributed by atoms with E-state index in [2.05, 4.69) is 0 Å². The van der Waals surface area contributed by atoms with E-state index in [1.54, 1.807) is 19.1 Å². The van der Waals surface area contributed by atoms with Crippen molar-refractivity contribution in [3.05, 3.63) is 23.3 Å². The molecule has 0 spiro atoms. The molecule has 0 aliphatic carbocycles. The maximum absolute atomic E-state index is 12.4. The normalized spacial score (nSPS) is 18.0. The third kappa shape index (κ3) is 3.88. The molecular formula is C17H26N2O4.